The van der Waals surface area contributed by atoms with Gasteiger partial charge in [-0.2, -0.15) is 0 Å². The summed E-state index contributed by atoms with van der Waals surface area (Å²) in [6.07, 6.45) is 1.18. The molecular weight excluding hydrogens is 432 g/mol. The lowest BCUT2D eigenvalue weighted by Crippen LogP contribution is -2.29. The minimum absolute atomic E-state index is 0.194. The van der Waals surface area contributed by atoms with Crippen LogP contribution in [-0.2, 0) is 10.2 Å². The molecule has 0 radical (unpaired) electrons. The van der Waals surface area contributed by atoms with Crippen LogP contribution in [0.2, 0.25) is 0 Å². The van der Waals surface area contributed by atoms with Gasteiger partial charge in [0.2, 0.25) is 0 Å². The van der Waals surface area contributed by atoms with Crippen molar-refractivity contribution in [3.8, 4) is 22.6 Å². The molecule has 35 heavy (non-hydrogen) atoms. The summed E-state index contributed by atoms with van der Waals surface area (Å²) < 4.78 is 11.3. The van der Waals surface area contributed by atoms with E-state index in [2.05, 4.69) is 85.8 Å². The van der Waals surface area contributed by atoms with Crippen molar-refractivity contribution in [2.75, 3.05) is 7.11 Å². The molecule has 0 N–H and O–H groups in total. The summed E-state index contributed by atoms with van der Waals surface area (Å²) in [6.45, 7) is 6.08. The smallest absolute Gasteiger partial charge is 0.311 e. The molecule has 0 bridgehead atoms. The Bertz CT molecular complexity index is 1370. The van der Waals surface area contributed by atoms with Crippen LogP contribution in [0.25, 0.3) is 11.1 Å². The van der Waals surface area contributed by atoms with E-state index in [1.54, 1.807) is 7.11 Å². The fourth-order valence-corrected chi connectivity index (χ4v) is 5.51. The number of fused-ring (bicyclic) bond motifs is 3. The zero-order valence-electron chi connectivity index (χ0n) is 20.7. The van der Waals surface area contributed by atoms with E-state index in [4.69, 9.17) is 9.47 Å². The second kappa shape index (κ2) is 9.07. The molecule has 3 nitrogen and oxygen atoms in total. The lowest BCUT2D eigenvalue weighted by atomic mass is 9.67. The van der Waals surface area contributed by atoms with Gasteiger partial charge in [-0.05, 0) is 76.9 Å². The number of ether oxygens (including phenoxy) is 2. The highest BCUT2D eigenvalue weighted by Crippen LogP contribution is 2.56. The fraction of sp³-hybridized carbons (Fsp3) is 0.219. The van der Waals surface area contributed by atoms with Crippen molar-refractivity contribution in [2.24, 2.45) is 0 Å². The molecule has 1 aliphatic rings. The number of carbonyl (C=O) groups is 1. The van der Waals surface area contributed by atoms with E-state index in [-0.39, 0.29) is 5.97 Å². The molecule has 0 spiro atoms. The summed E-state index contributed by atoms with van der Waals surface area (Å²) in [6, 6.07) is 30.0. The molecule has 0 atom stereocenters. The largest absolute Gasteiger partial charge is 0.496 e. The molecule has 0 saturated carbocycles. The van der Waals surface area contributed by atoms with Crippen molar-refractivity contribution in [2.45, 2.75) is 39.0 Å². The number of methoxy groups -OCH3 is 1. The molecule has 0 heterocycles. The Balaban J connectivity index is 1.79. The lowest BCUT2D eigenvalue weighted by Gasteiger charge is -2.34. The summed E-state index contributed by atoms with van der Waals surface area (Å²) in [4.78, 5) is 12.2. The second-order valence-electron chi connectivity index (χ2n) is 9.23. The average Bonchev–Trinajstić information content (AvgIpc) is 3.17. The maximum Gasteiger partial charge on any atom is 0.311 e. The molecule has 0 amide bonds. The Morgan fingerprint density at radius 1 is 0.743 bits per heavy atom. The first kappa shape index (κ1) is 22.9. The predicted octanol–water partition coefficient (Wildman–Crippen LogP) is 7.38. The summed E-state index contributed by atoms with van der Waals surface area (Å²) in [7, 11) is 1.71. The number of esters is 1. The van der Waals surface area contributed by atoms with E-state index in [0.717, 1.165) is 28.9 Å². The highest BCUT2D eigenvalue weighted by Gasteiger charge is 2.46. The number of hydrogen-bond donors (Lipinski definition) is 0. The first-order valence-corrected chi connectivity index (χ1v) is 12.2. The first-order valence-electron chi connectivity index (χ1n) is 12.2. The number of hydrogen-bond acceptors (Lipinski definition) is 3. The quantitative estimate of drug-likeness (QED) is 0.195. The van der Waals surface area contributed by atoms with E-state index in [9.17, 15) is 4.79 Å². The van der Waals surface area contributed by atoms with Crippen LogP contribution in [0.1, 0.15) is 53.1 Å². The van der Waals surface area contributed by atoms with Gasteiger partial charge in [0.05, 0.1) is 12.5 Å². The molecule has 4 aromatic rings. The van der Waals surface area contributed by atoms with Gasteiger partial charge >= 0.3 is 5.97 Å². The molecular formula is C32H30O3. The predicted molar refractivity (Wildman–Crippen MR) is 140 cm³/mol. The normalized spacial score (nSPS) is 13.1. The van der Waals surface area contributed by atoms with Crippen molar-refractivity contribution in [1.82, 2.24) is 0 Å². The SMILES string of the molecule is CCCC(=O)Oc1ccc(C2(c3ccc(OC)c(C)c3)c3ccccc3-c3ccccc32)cc1C. The van der Waals surface area contributed by atoms with Crippen molar-refractivity contribution < 1.29 is 14.3 Å². The van der Waals surface area contributed by atoms with Gasteiger partial charge < -0.3 is 9.47 Å². The Hall–Kier alpha value is -3.85. The Labute approximate surface area is 207 Å². The molecule has 0 aliphatic heterocycles. The van der Waals surface area contributed by atoms with Crippen LogP contribution in [0.3, 0.4) is 0 Å². The molecule has 5 rings (SSSR count). The zero-order chi connectivity index (χ0) is 24.6. The van der Waals surface area contributed by atoms with Crippen LogP contribution in [0, 0.1) is 13.8 Å². The Morgan fingerprint density at radius 2 is 1.26 bits per heavy atom. The minimum atomic E-state index is -0.499. The van der Waals surface area contributed by atoms with Crippen LogP contribution in [-0.4, -0.2) is 13.1 Å². The molecule has 0 saturated heterocycles. The van der Waals surface area contributed by atoms with E-state index in [0.29, 0.717) is 12.2 Å². The van der Waals surface area contributed by atoms with Crippen molar-refractivity contribution in [3.05, 3.63) is 118 Å². The monoisotopic (exact) mass is 462 g/mol. The Kier molecular flexibility index (Phi) is 5.94. The number of rotatable bonds is 6. The minimum Gasteiger partial charge on any atom is -0.496 e. The molecule has 176 valence electrons. The second-order valence-corrected chi connectivity index (χ2v) is 9.23. The van der Waals surface area contributed by atoms with Crippen molar-refractivity contribution >= 4 is 5.97 Å². The lowest BCUT2D eigenvalue weighted by molar-refractivity contribution is -0.134. The Morgan fingerprint density at radius 3 is 1.74 bits per heavy atom. The average molecular weight is 463 g/mol. The summed E-state index contributed by atoms with van der Waals surface area (Å²) >= 11 is 0. The molecule has 1 aliphatic carbocycles. The van der Waals surface area contributed by atoms with Gasteiger partial charge in [-0.1, -0.05) is 79.7 Å². The van der Waals surface area contributed by atoms with Gasteiger partial charge in [-0.25, -0.2) is 0 Å². The third kappa shape index (κ3) is 3.63. The maximum atomic E-state index is 12.2. The van der Waals surface area contributed by atoms with E-state index in [1.807, 2.05) is 19.9 Å². The van der Waals surface area contributed by atoms with E-state index >= 15 is 0 Å². The highest BCUT2D eigenvalue weighted by molar-refractivity contribution is 5.86. The van der Waals surface area contributed by atoms with Gasteiger partial charge in [0.25, 0.3) is 0 Å². The third-order valence-corrected chi connectivity index (χ3v) is 7.07. The van der Waals surface area contributed by atoms with Crippen LogP contribution in [0.15, 0.2) is 84.9 Å². The molecule has 4 aromatic carbocycles. The van der Waals surface area contributed by atoms with Gasteiger partial charge in [-0.3, -0.25) is 4.79 Å². The number of aryl methyl sites for hydroxylation is 2. The van der Waals surface area contributed by atoms with Crippen LogP contribution in [0.5, 0.6) is 11.5 Å². The summed E-state index contributed by atoms with van der Waals surface area (Å²) in [5.41, 5.74) is 8.85. The van der Waals surface area contributed by atoms with E-state index in [1.165, 1.54) is 27.8 Å². The molecule has 0 unspecified atom stereocenters. The van der Waals surface area contributed by atoms with Crippen molar-refractivity contribution in [1.29, 1.82) is 0 Å². The summed E-state index contributed by atoms with van der Waals surface area (Å²) in [5.74, 6) is 1.30. The van der Waals surface area contributed by atoms with Gasteiger partial charge in [0.15, 0.2) is 0 Å². The summed E-state index contributed by atoms with van der Waals surface area (Å²) in [5, 5.41) is 0. The number of benzene rings is 4. The highest BCUT2D eigenvalue weighted by atomic mass is 16.5. The third-order valence-electron chi connectivity index (χ3n) is 7.07. The molecule has 0 aromatic heterocycles. The van der Waals surface area contributed by atoms with Crippen molar-refractivity contribution in [3.63, 3.8) is 0 Å². The van der Waals surface area contributed by atoms with Crippen LogP contribution in [0.4, 0.5) is 0 Å². The number of carbonyl (C=O) groups excluding carboxylic acids is 1. The molecule has 3 heteroatoms. The van der Waals surface area contributed by atoms with E-state index < -0.39 is 5.41 Å². The first-order chi connectivity index (χ1) is 17.0. The van der Waals surface area contributed by atoms with Gasteiger partial charge in [-0.15, -0.1) is 0 Å². The van der Waals surface area contributed by atoms with Gasteiger partial charge in [0.1, 0.15) is 11.5 Å². The zero-order valence-corrected chi connectivity index (χ0v) is 20.7. The molecule has 0 fully saturated rings. The van der Waals surface area contributed by atoms with Crippen LogP contribution >= 0.6 is 0 Å². The standard InChI is InChI=1S/C32H30O3/c1-5-10-31(33)35-30-18-16-24(20-22(30)3)32(23-15-17-29(34-4)21(2)19-23)27-13-8-6-11-25(27)26-12-7-9-14-28(26)32/h6-9,11-20H,5,10H2,1-4H3. The van der Waals surface area contributed by atoms with Crippen LogP contribution < -0.4 is 9.47 Å². The fourth-order valence-electron chi connectivity index (χ4n) is 5.51. The topological polar surface area (TPSA) is 35.5 Å². The maximum absolute atomic E-state index is 12.2. The van der Waals surface area contributed by atoms with Gasteiger partial charge in [0, 0.05) is 6.42 Å².